The molecular weight excluding hydrogens is 299 g/mol. The van der Waals surface area contributed by atoms with Crippen molar-refractivity contribution >= 4 is 15.9 Å². The Labute approximate surface area is 122 Å². The molecule has 0 aliphatic carbocycles. The number of benzene rings is 1. The van der Waals surface area contributed by atoms with Gasteiger partial charge in [0.15, 0.2) is 0 Å². The van der Waals surface area contributed by atoms with E-state index in [0.29, 0.717) is 19.6 Å². The minimum atomic E-state index is -4.10. The number of nitrogens with one attached hydrogen (secondary N) is 1. The van der Waals surface area contributed by atoms with Crippen LogP contribution in [0.25, 0.3) is 0 Å². The molecule has 1 aliphatic rings. The molecule has 1 fully saturated rings. The molecule has 0 spiro atoms. The van der Waals surface area contributed by atoms with Gasteiger partial charge in [-0.2, -0.15) is 0 Å². The third-order valence-corrected chi connectivity index (χ3v) is 4.55. The maximum absolute atomic E-state index is 13.6. The Morgan fingerprint density at radius 3 is 2.67 bits per heavy atom. The number of halogens is 1. The number of sulfonamides is 1. The van der Waals surface area contributed by atoms with E-state index in [1.807, 2.05) is 6.92 Å². The minimum Gasteiger partial charge on any atom is -0.379 e. The van der Waals surface area contributed by atoms with Gasteiger partial charge in [-0.1, -0.05) is 0 Å². The molecule has 1 saturated heterocycles. The van der Waals surface area contributed by atoms with E-state index in [9.17, 15) is 17.6 Å². The first-order valence-electron chi connectivity index (χ1n) is 6.36. The van der Waals surface area contributed by atoms with E-state index in [-0.39, 0.29) is 16.0 Å². The number of amides is 1. The Morgan fingerprint density at radius 1 is 1.48 bits per heavy atom. The number of nitrogens with two attached hydrogens (primary N) is 1. The van der Waals surface area contributed by atoms with E-state index in [1.54, 1.807) is 0 Å². The standard InChI is InChI=1S/C13H17FN2O4S/c1-8-10(5-9(14)6-11(8)21(15,18)19)12(17)16-13(2)3-4-20-7-13/h5-6H,3-4,7H2,1-2H3,(H,16,17)(H2,15,18,19). The van der Waals surface area contributed by atoms with Gasteiger partial charge in [-0.15, -0.1) is 0 Å². The number of ether oxygens (including phenoxy) is 1. The molecule has 0 aromatic heterocycles. The van der Waals surface area contributed by atoms with Gasteiger partial charge in [-0.25, -0.2) is 17.9 Å². The first kappa shape index (κ1) is 15.9. The summed E-state index contributed by atoms with van der Waals surface area (Å²) in [6.07, 6.45) is 0.634. The molecule has 1 aromatic carbocycles. The zero-order valence-electron chi connectivity index (χ0n) is 11.8. The van der Waals surface area contributed by atoms with Crippen LogP contribution in [0.2, 0.25) is 0 Å². The third kappa shape index (κ3) is 3.39. The second-order valence-corrected chi connectivity index (χ2v) is 6.97. The van der Waals surface area contributed by atoms with Gasteiger partial charge in [-0.3, -0.25) is 4.79 Å². The van der Waals surface area contributed by atoms with E-state index < -0.39 is 27.3 Å². The molecule has 3 N–H and O–H groups in total. The van der Waals surface area contributed by atoms with Crippen LogP contribution in [0.3, 0.4) is 0 Å². The van der Waals surface area contributed by atoms with Crippen molar-refractivity contribution in [2.24, 2.45) is 5.14 Å². The average molecular weight is 316 g/mol. The second kappa shape index (κ2) is 5.36. The quantitative estimate of drug-likeness (QED) is 0.857. The highest BCUT2D eigenvalue weighted by atomic mass is 32.2. The lowest BCUT2D eigenvalue weighted by Gasteiger charge is -2.24. The van der Waals surface area contributed by atoms with Crippen molar-refractivity contribution in [3.63, 3.8) is 0 Å². The Kier molecular flexibility index (Phi) is 4.05. The summed E-state index contributed by atoms with van der Waals surface area (Å²) in [5.41, 5.74) is -0.469. The van der Waals surface area contributed by atoms with Gasteiger partial charge in [0, 0.05) is 12.2 Å². The molecule has 116 valence electrons. The lowest BCUT2D eigenvalue weighted by atomic mass is 10.00. The zero-order valence-corrected chi connectivity index (χ0v) is 12.6. The lowest BCUT2D eigenvalue weighted by molar-refractivity contribution is 0.0888. The molecule has 1 unspecified atom stereocenters. The first-order chi connectivity index (χ1) is 9.62. The minimum absolute atomic E-state index is 0.0489. The van der Waals surface area contributed by atoms with Gasteiger partial charge in [0.2, 0.25) is 10.0 Å². The zero-order chi connectivity index (χ0) is 15.8. The molecule has 0 bridgehead atoms. The topological polar surface area (TPSA) is 98.5 Å². The van der Waals surface area contributed by atoms with Gasteiger partial charge in [0.1, 0.15) is 5.82 Å². The number of carbonyl (C=O) groups excluding carboxylic acids is 1. The summed E-state index contributed by atoms with van der Waals surface area (Å²) in [5, 5.41) is 7.79. The maximum Gasteiger partial charge on any atom is 0.252 e. The van der Waals surface area contributed by atoms with Crippen LogP contribution in [0.15, 0.2) is 17.0 Å². The van der Waals surface area contributed by atoms with Crippen molar-refractivity contribution < 1.29 is 22.3 Å². The van der Waals surface area contributed by atoms with Crippen molar-refractivity contribution in [3.05, 3.63) is 29.1 Å². The normalized spacial score (nSPS) is 22.3. The van der Waals surface area contributed by atoms with Gasteiger partial charge in [-0.05, 0) is 38.0 Å². The highest BCUT2D eigenvalue weighted by molar-refractivity contribution is 7.89. The average Bonchev–Trinajstić information content (AvgIpc) is 2.76. The number of rotatable bonds is 3. The Morgan fingerprint density at radius 2 is 2.14 bits per heavy atom. The van der Waals surface area contributed by atoms with Gasteiger partial charge in [0.25, 0.3) is 5.91 Å². The smallest absolute Gasteiger partial charge is 0.252 e. The summed E-state index contributed by atoms with van der Waals surface area (Å²) >= 11 is 0. The van der Waals surface area contributed by atoms with Crippen molar-refractivity contribution in [3.8, 4) is 0 Å². The highest BCUT2D eigenvalue weighted by Crippen LogP contribution is 2.23. The molecular formula is C13H17FN2O4S. The molecule has 1 aliphatic heterocycles. The fourth-order valence-corrected chi connectivity index (χ4v) is 3.11. The summed E-state index contributed by atoms with van der Waals surface area (Å²) in [7, 11) is -4.10. The molecule has 1 aromatic rings. The SMILES string of the molecule is Cc1c(C(=O)NC2(C)CCOC2)cc(F)cc1S(N)(=O)=O. The number of hydrogen-bond donors (Lipinski definition) is 2. The van der Waals surface area contributed by atoms with Crippen molar-refractivity contribution in [2.75, 3.05) is 13.2 Å². The van der Waals surface area contributed by atoms with Gasteiger partial charge >= 0.3 is 0 Å². The van der Waals surface area contributed by atoms with Crippen LogP contribution in [0.4, 0.5) is 4.39 Å². The number of primary sulfonamides is 1. The van der Waals surface area contributed by atoms with Crippen molar-refractivity contribution in [2.45, 2.75) is 30.7 Å². The van der Waals surface area contributed by atoms with E-state index >= 15 is 0 Å². The third-order valence-electron chi connectivity index (χ3n) is 3.51. The summed E-state index contributed by atoms with van der Waals surface area (Å²) in [5.74, 6) is -1.38. The molecule has 8 heteroatoms. The number of carbonyl (C=O) groups is 1. The molecule has 1 atom stereocenters. The second-order valence-electron chi connectivity index (χ2n) is 5.44. The highest BCUT2D eigenvalue weighted by Gasteiger charge is 2.32. The Hall–Kier alpha value is -1.51. The lowest BCUT2D eigenvalue weighted by Crippen LogP contribution is -2.46. The van der Waals surface area contributed by atoms with Crippen LogP contribution in [0.5, 0.6) is 0 Å². The van der Waals surface area contributed by atoms with Crippen LogP contribution in [0.1, 0.15) is 29.3 Å². The predicted octanol–water partition coefficient (Wildman–Crippen LogP) is 0.690. The molecule has 0 radical (unpaired) electrons. The van der Waals surface area contributed by atoms with Gasteiger partial charge in [0.05, 0.1) is 17.0 Å². The summed E-state index contributed by atoms with van der Waals surface area (Å²) in [4.78, 5) is 11.9. The molecule has 21 heavy (non-hydrogen) atoms. The van der Waals surface area contributed by atoms with E-state index in [0.717, 1.165) is 12.1 Å². The van der Waals surface area contributed by atoms with Crippen LogP contribution in [-0.4, -0.2) is 33.1 Å². The van der Waals surface area contributed by atoms with Crippen LogP contribution >= 0.6 is 0 Å². The predicted molar refractivity (Wildman–Crippen MR) is 73.8 cm³/mol. The van der Waals surface area contributed by atoms with Crippen LogP contribution in [-0.2, 0) is 14.8 Å². The largest absolute Gasteiger partial charge is 0.379 e. The van der Waals surface area contributed by atoms with Crippen LogP contribution in [0, 0.1) is 12.7 Å². The Balaban J connectivity index is 2.40. The summed E-state index contributed by atoms with van der Waals surface area (Å²) < 4.78 is 41.7. The number of hydrogen-bond acceptors (Lipinski definition) is 4. The molecule has 1 amide bonds. The molecule has 2 rings (SSSR count). The monoisotopic (exact) mass is 316 g/mol. The van der Waals surface area contributed by atoms with E-state index in [4.69, 9.17) is 9.88 Å². The maximum atomic E-state index is 13.6. The first-order valence-corrected chi connectivity index (χ1v) is 7.90. The fraction of sp³-hybridized carbons (Fsp3) is 0.462. The van der Waals surface area contributed by atoms with Crippen molar-refractivity contribution in [1.82, 2.24) is 5.32 Å². The van der Waals surface area contributed by atoms with E-state index in [1.165, 1.54) is 6.92 Å². The van der Waals surface area contributed by atoms with Crippen LogP contribution < -0.4 is 10.5 Å². The molecule has 6 nitrogen and oxygen atoms in total. The van der Waals surface area contributed by atoms with E-state index in [2.05, 4.69) is 5.32 Å². The molecule has 0 saturated carbocycles. The Bertz CT molecular complexity index is 682. The molecule has 1 heterocycles. The van der Waals surface area contributed by atoms with Crippen molar-refractivity contribution in [1.29, 1.82) is 0 Å². The fourth-order valence-electron chi connectivity index (χ4n) is 2.29. The van der Waals surface area contributed by atoms with Gasteiger partial charge < -0.3 is 10.1 Å². The summed E-state index contributed by atoms with van der Waals surface area (Å²) in [6.45, 7) is 4.12. The summed E-state index contributed by atoms with van der Waals surface area (Å²) in [6, 6.07) is 1.81.